The van der Waals surface area contributed by atoms with E-state index >= 15 is 0 Å². The van der Waals surface area contributed by atoms with E-state index in [1.807, 2.05) is 25.3 Å². The number of hydrogen-bond acceptors (Lipinski definition) is 4. The van der Waals surface area contributed by atoms with Gasteiger partial charge in [0.25, 0.3) is 0 Å². The zero-order chi connectivity index (χ0) is 26.8. The molecule has 2 atom stereocenters. The SMILES string of the molecule is CCOc1c(Br)cc(C=Nc2cc3c4c(c2)[C@@H](c2ccccc2)CCN4CC[C@@H]3c2ccccc2)cc1OC. The molecule has 0 N–H and O–H groups in total. The fourth-order valence-electron chi connectivity index (χ4n) is 6.16. The van der Waals surface area contributed by atoms with Crippen molar-refractivity contribution < 1.29 is 9.47 Å². The summed E-state index contributed by atoms with van der Waals surface area (Å²) < 4.78 is 12.2. The first-order valence-electron chi connectivity index (χ1n) is 13.7. The molecule has 2 heterocycles. The van der Waals surface area contributed by atoms with Crippen LogP contribution in [0.2, 0.25) is 0 Å². The van der Waals surface area contributed by atoms with Crippen molar-refractivity contribution >= 4 is 33.5 Å². The van der Waals surface area contributed by atoms with Crippen LogP contribution < -0.4 is 14.4 Å². The largest absolute Gasteiger partial charge is 0.493 e. The first kappa shape index (κ1) is 25.7. The Morgan fingerprint density at radius 3 is 2.00 bits per heavy atom. The Bertz CT molecular complexity index is 1410. The molecule has 0 unspecified atom stereocenters. The van der Waals surface area contributed by atoms with Crippen molar-refractivity contribution in [2.75, 3.05) is 31.7 Å². The molecule has 39 heavy (non-hydrogen) atoms. The molecule has 4 nitrogen and oxygen atoms in total. The number of anilines is 1. The lowest BCUT2D eigenvalue weighted by atomic mass is 9.76. The maximum Gasteiger partial charge on any atom is 0.175 e. The fraction of sp³-hybridized carbons (Fsp3) is 0.265. The van der Waals surface area contributed by atoms with Gasteiger partial charge in [0, 0.05) is 36.8 Å². The number of methoxy groups -OCH3 is 1. The monoisotopic (exact) mass is 580 g/mol. The highest BCUT2D eigenvalue weighted by Crippen LogP contribution is 2.50. The number of aliphatic imine (C=N–C) groups is 1. The van der Waals surface area contributed by atoms with Crippen molar-refractivity contribution in [3.05, 3.63) is 117 Å². The van der Waals surface area contributed by atoms with Crippen LogP contribution in [-0.2, 0) is 0 Å². The van der Waals surface area contributed by atoms with E-state index in [1.54, 1.807) is 7.11 Å². The second-order valence-corrected chi connectivity index (χ2v) is 11.0. The molecule has 2 aliphatic heterocycles. The Morgan fingerprint density at radius 2 is 1.46 bits per heavy atom. The molecule has 0 aliphatic carbocycles. The Labute approximate surface area is 239 Å². The van der Waals surface area contributed by atoms with Crippen molar-refractivity contribution in [2.24, 2.45) is 4.99 Å². The molecule has 198 valence electrons. The molecule has 2 aliphatic rings. The molecule has 0 fully saturated rings. The van der Waals surface area contributed by atoms with E-state index in [0.717, 1.165) is 41.7 Å². The number of halogens is 1. The van der Waals surface area contributed by atoms with Crippen LogP contribution in [0.3, 0.4) is 0 Å². The topological polar surface area (TPSA) is 34.1 Å². The summed E-state index contributed by atoms with van der Waals surface area (Å²) in [6, 6.07) is 30.5. The van der Waals surface area contributed by atoms with Gasteiger partial charge >= 0.3 is 0 Å². The number of ether oxygens (including phenoxy) is 2. The molecule has 6 rings (SSSR count). The summed E-state index contributed by atoms with van der Waals surface area (Å²) in [6.45, 7) is 4.71. The van der Waals surface area contributed by atoms with Gasteiger partial charge < -0.3 is 14.4 Å². The normalized spacial score (nSPS) is 18.2. The lowest BCUT2D eigenvalue weighted by Gasteiger charge is -2.43. The van der Waals surface area contributed by atoms with Crippen LogP contribution in [0, 0.1) is 0 Å². The quantitative estimate of drug-likeness (QED) is 0.205. The summed E-state index contributed by atoms with van der Waals surface area (Å²) in [5.41, 5.74) is 8.89. The van der Waals surface area contributed by atoms with E-state index in [2.05, 4.69) is 93.6 Å². The van der Waals surface area contributed by atoms with Crippen molar-refractivity contribution in [1.29, 1.82) is 0 Å². The van der Waals surface area contributed by atoms with Crippen LogP contribution in [-0.4, -0.2) is 33.0 Å². The first-order chi connectivity index (χ1) is 19.2. The lowest BCUT2D eigenvalue weighted by Crippen LogP contribution is -2.37. The van der Waals surface area contributed by atoms with Gasteiger partial charge in [-0.25, -0.2) is 0 Å². The van der Waals surface area contributed by atoms with Crippen molar-refractivity contribution in [1.82, 2.24) is 0 Å². The average Bonchev–Trinajstić information content (AvgIpc) is 2.98. The molecular weight excluding hydrogens is 548 g/mol. The molecule has 5 heteroatoms. The van der Waals surface area contributed by atoms with Gasteiger partial charge in [-0.1, -0.05) is 60.7 Å². The predicted molar refractivity (Wildman–Crippen MR) is 164 cm³/mol. The van der Waals surface area contributed by atoms with Crippen LogP contribution in [0.25, 0.3) is 0 Å². The van der Waals surface area contributed by atoms with Crippen molar-refractivity contribution in [2.45, 2.75) is 31.6 Å². The third kappa shape index (κ3) is 5.08. The minimum absolute atomic E-state index is 0.362. The van der Waals surface area contributed by atoms with Crippen LogP contribution in [0.15, 0.2) is 94.4 Å². The standard InChI is InChI=1S/C34H33BrN2O2/c1-3-39-34-31(35)18-23(19-32(34)38-2)22-36-26-20-29-27(24-10-6-4-7-11-24)14-16-37-17-15-28(30(21-26)33(29)37)25-12-8-5-9-13-25/h4-13,18-22,27-28H,3,14-17H2,1-2H3/t27-,28-/m1/s1. The second kappa shape index (κ2) is 11.3. The van der Waals surface area contributed by atoms with Gasteiger partial charge in [0.05, 0.1) is 23.9 Å². The summed E-state index contributed by atoms with van der Waals surface area (Å²) in [4.78, 5) is 7.63. The zero-order valence-corrected chi connectivity index (χ0v) is 24.0. The van der Waals surface area contributed by atoms with Gasteiger partial charge in [0.15, 0.2) is 11.5 Å². The molecule has 0 amide bonds. The number of benzene rings is 4. The molecule has 0 saturated carbocycles. The van der Waals surface area contributed by atoms with Crippen LogP contribution in [0.4, 0.5) is 11.4 Å². The van der Waals surface area contributed by atoms with Gasteiger partial charge in [-0.3, -0.25) is 4.99 Å². The molecule has 0 spiro atoms. The van der Waals surface area contributed by atoms with E-state index in [-0.39, 0.29) is 0 Å². The van der Waals surface area contributed by atoms with E-state index < -0.39 is 0 Å². The maximum absolute atomic E-state index is 5.77. The number of nitrogens with zero attached hydrogens (tertiary/aromatic N) is 2. The Hall–Kier alpha value is -3.57. The average molecular weight is 582 g/mol. The Kier molecular flexibility index (Phi) is 7.43. The predicted octanol–water partition coefficient (Wildman–Crippen LogP) is 8.48. The molecular formula is C34H33BrN2O2. The van der Waals surface area contributed by atoms with E-state index in [9.17, 15) is 0 Å². The smallest absolute Gasteiger partial charge is 0.175 e. The highest BCUT2D eigenvalue weighted by Gasteiger charge is 2.35. The minimum Gasteiger partial charge on any atom is -0.493 e. The number of rotatable bonds is 7. The second-order valence-electron chi connectivity index (χ2n) is 10.2. The van der Waals surface area contributed by atoms with Crippen LogP contribution in [0.5, 0.6) is 11.5 Å². The maximum atomic E-state index is 5.77. The van der Waals surface area contributed by atoms with Gasteiger partial charge in [0.2, 0.25) is 0 Å². The van der Waals surface area contributed by atoms with Crippen molar-refractivity contribution in [3.8, 4) is 11.5 Å². The van der Waals surface area contributed by atoms with E-state index in [1.165, 1.54) is 27.9 Å². The summed E-state index contributed by atoms with van der Waals surface area (Å²) in [6.07, 6.45) is 4.15. The third-order valence-corrected chi connectivity index (χ3v) is 8.49. The minimum atomic E-state index is 0.362. The van der Waals surface area contributed by atoms with Gasteiger partial charge in [-0.05, 0) is 87.8 Å². The summed E-state index contributed by atoms with van der Waals surface area (Å²) in [5, 5.41) is 0. The molecule has 0 radical (unpaired) electrons. The van der Waals surface area contributed by atoms with E-state index in [0.29, 0.717) is 29.9 Å². The lowest BCUT2D eigenvalue weighted by molar-refractivity contribution is 0.309. The Morgan fingerprint density at radius 1 is 0.872 bits per heavy atom. The summed E-state index contributed by atoms with van der Waals surface area (Å²) in [7, 11) is 1.67. The van der Waals surface area contributed by atoms with Gasteiger partial charge in [-0.15, -0.1) is 0 Å². The summed E-state index contributed by atoms with van der Waals surface area (Å²) in [5.74, 6) is 2.13. The highest BCUT2D eigenvalue weighted by atomic mass is 79.9. The van der Waals surface area contributed by atoms with E-state index in [4.69, 9.17) is 14.5 Å². The van der Waals surface area contributed by atoms with Crippen molar-refractivity contribution in [3.63, 3.8) is 0 Å². The van der Waals surface area contributed by atoms with Gasteiger partial charge in [-0.2, -0.15) is 0 Å². The molecule has 0 aromatic heterocycles. The molecule has 0 saturated heterocycles. The fourth-order valence-corrected chi connectivity index (χ4v) is 6.74. The van der Waals surface area contributed by atoms with Crippen LogP contribution >= 0.6 is 15.9 Å². The highest BCUT2D eigenvalue weighted by molar-refractivity contribution is 9.10. The molecule has 4 aromatic rings. The van der Waals surface area contributed by atoms with Gasteiger partial charge in [0.1, 0.15) is 0 Å². The Balaban J connectivity index is 1.46. The molecule has 0 bridgehead atoms. The summed E-state index contributed by atoms with van der Waals surface area (Å²) >= 11 is 3.65. The number of hydrogen-bond donors (Lipinski definition) is 0. The first-order valence-corrected chi connectivity index (χ1v) is 14.5. The zero-order valence-electron chi connectivity index (χ0n) is 22.4. The van der Waals surface area contributed by atoms with Crippen LogP contribution in [0.1, 0.15) is 59.4 Å². The third-order valence-electron chi connectivity index (χ3n) is 7.90. The molecule has 4 aromatic carbocycles.